The number of rotatable bonds is 1. The number of anilines is 1. The lowest BCUT2D eigenvalue weighted by Crippen LogP contribution is -2.25. The van der Waals surface area contributed by atoms with Crippen molar-refractivity contribution in [3.63, 3.8) is 0 Å². The summed E-state index contributed by atoms with van der Waals surface area (Å²) in [7, 11) is -3.36. The largest absolute Gasteiger partial charge is 0.480 e. The Balaban J connectivity index is 1.60. The van der Waals surface area contributed by atoms with Gasteiger partial charge < -0.3 is 10.1 Å². The molecule has 8 bridgehead atoms. The van der Waals surface area contributed by atoms with E-state index >= 15 is 0 Å². The highest BCUT2D eigenvalue weighted by atomic mass is 32.2. The number of benzene rings is 1. The van der Waals surface area contributed by atoms with Gasteiger partial charge in [-0.1, -0.05) is 0 Å². The van der Waals surface area contributed by atoms with Gasteiger partial charge in [-0.05, 0) is 29.8 Å². The maximum atomic E-state index is 14.7. The number of fused-ring (bicyclic) bond motifs is 9. The number of sulfonamides is 1. The van der Waals surface area contributed by atoms with Crippen molar-refractivity contribution < 1.29 is 26.7 Å². The fraction of sp³-hybridized carbons (Fsp3) is 0.0800. The van der Waals surface area contributed by atoms with Crippen LogP contribution >= 0.6 is 11.3 Å². The van der Waals surface area contributed by atoms with Gasteiger partial charge in [-0.2, -0.15) is 0 Å². The molecule has 0 fully saturated rings. The van der Waals surface area contributed by atoms with E-state index in [1.807, 2.05) is 6.07 Å². The molecule has 6 rings (SSSR count). The van der Waals surface area contributed by atoms with E-state index in [1.54, 1.807) is 12.3 Å². The highest BCUT2D eigenvalue weighted by Gasteiger charge is 2.26. The topological polar surface area (TPSA) is 136 Å². The average Bonchev–Trinajstić information content (AvgIpc) is 3.36. The summed E-state index contributed by atoms with van der Waals surface area (Å²) in [5.74, 6) is -3.62. The molecule has 0 radical (unpaired) electrons. The van der Waals surface area contributed by atoms with Crippen molar-refractivity contribution in [1.29, 1.82) is 0 Å². The molecule has 1 amide bonds. The predicted octanol–water partition coefficient (Wildman–Crippen LogP) is 4.15. The van der Waals surface area contributed by atoms with Crippen LogP contribution in [-0.4, -0.2) is 41.4 Å². The highest BCUT2D eigenvalue weighted by Crippen LogP contribution is 2.39. The van der Waals surface area contributed by atoms with Gasteiger partial charge >= 0.3 is 0 Å². The van der Waals surface area contributed by atoms with Gasteiger partial charge in [-0.15, -0.1) is 11.3 Å². The van der Waals surface area contributed by atoms with Crippen molar-refractivity contribution >= 4 is 43.2 Å². The van der Waals surface area contributed by atoms with Gasteiger partial charge in [0.25, 0.3) is 15.9 Å². The second-order valence-electron chi connectivity index (χ2n) is 8.46. The molecule has 1 aliphatic rings. The second-order valence-corrected chi connectivity index (χ2v) is 11.2. The number of ether oxygens (including phenoxy) is 1. The van der Waals surface area contributed by atoms with Crippen LogP contribution < -0.4 is 14.8 Å². The highest BCUT2D eigenvalue weighted by molar-refractivity contribution is 7.92. The maximum Gasteiger partial charge on any atom is 0.265 e. The van der Waals surface area contributed by atoms with Crippen molar-refractivity contribution in [1.82, 2.24) is 25.3 Å². The number of thiophene rings is 1. The van der Waals surface area contributed by atoms with Gasteiger partial charge in [0.1, 0.15) is 28.5 Å². The Bertz CT molecular complexity index is 1910. The quantitative estimate of drug-likeness (QED) is 0.309. The van der Waals surface area contributed by atoms with Gasteiger partial charge in [-0.3, -0.25) is 14.5 Å². The van der Waals surface area contributed by atoms with Crippen molar-refractivity contribution in [2.75, 3.05) is 11.8 Å². The van der Waals surface area contributed by atoms with Crippen LogP contribution in [0.1, 0.15) is 15.9 Å². The number of nitrogens with zero attached hydrogens (tertiary/aromatic N) is 4. The summed E-state index contributed by atoms with van der Waals surface area (Å²) in [5.41, 5.74) is 2.27. The van der Waals surface area contributed by atoms with Crippen molar-refractivity contribution in [2.24, 2.45) is 0 Å². The minimum Gasteiger partial charge on any atom is -0.480 e. The second kappa shape index (κ2) is 9.32. The summed E-state index contributed by atoms with van der Waals surface area (Å²) in [5, 5.41) is 2.52. The Morgan fingerprint density at radius 2 is 1.82 bits per heavy atom. The SMILES string of the molecule is COc1ncc2cc1NS(=O)(=O)c1cc(c(F)cc1F)C(=O)NCc1cncc(c1)-c1ncnc3cc-2sc13. The van der Waals surface area contributed by atoms with Crippen LogP contribution in [0, 0.1) is 11.6 Å². The first-order chi connectivity index (χ1) is 18.7. The normalized spacial score (nSPS) is 14.3. The van der Waals surface area contributed by atoms with Crippen LogP contribution in [0.15, 0.2) is 60.1 Å². The van der Waals surface area contributed by atoms with Crippen LogP contribution in [0.5, 0.6) is 5.88 Å². The lowest BCUT2D eigenvalue weighted by molar-refractivity contribution is 0.0946. The Morgan fingerprint density at radius 1 is 0.974 bits per heavy atom. The first-order valence-corrected chi connectivity index (χ1v) is 13.6. The smallest absolute Gasteiger partial charge is 0.265 e. The molecule has 4 aromatic heterocycles. The molecule has 0 spiro atoms. The summed E-state index contributed by atoms with van der Waals surface area (Å²) < 4.78 is 64.0. The van der Waals surface area contributed by atoms with Gasteiger partial charge in [0.05, 0.1) is 28.6 Å². The summed E-state index contributed by atoms with van der Waals surface area (Å²) in [4.78, 5) is 29.8. The molecule has 0 saturated heterocycles. The fourth-order valence-electron chi connectivity index (χ4n) is 4.13. The van der Waals surface area contributed by atoms with Crippen LogP contribution in [0.25, 0.3) is 31.9 Å². The van der Waals surface area contributed by atoms with Crippen molar-refractivity contribution in [3.8, 4) is 27.6 Å². The van der Waals surface area contributed by atoms with Crippen LogP contribution in [0.2, 0.25) is 0 Å². The minimum absolute atomic E-state index is 0.0613. The number of aromatic nitrogens is 4. The van der Waals surface area contributed by atoms with Crippen LogP contribution in [0.3, 0.4) is 0 Å². The van der Waals surface area contributed by atoms with E-state index in [0.29, 0.717) is 44.9 Å². The average molecular weight is 567 g/mol. The maximum absolute atomic E-state index is 14.7. The van der Waals surface area contributed by atoms with Crippen LogP contribution in [-0.2, 0) is 16.6 Å². The zero-order valence-electron chi connectivity index (χ0n) is 19.9. The molecular weight excluding hydrogens is 550 g/mol. The molecule has 5 heterocycles. The Hall–Kier alpha value is -4.56. The van der Waals surface area contributed by atoms with Gasteiger partial charge in [0.15, 0.2) is 0 Å². The standard InChI is InChI=1S/C25H16F2N6O4S2/c1-37-25-19-3-13(10-30-25)20-6-18-23(38-20)22(32-11-31-18)14-2-12(7-28-9-14)8-29-24(34)15-4-21(39(35,36)33-19)17(27)5-16(15)26/h2-7,9-11,33H,8H2,1H3,(H,29,34). The molecule has 196 valence electrons. The number of halogens is 2. The molecule has 39 heavy (non-hydrogen) atoms. The third kappa shape index (κ3) is 4.42. The monoisotopic (exact) mass is 566 g/mol. The number of carbonyl (C=O) groups excluding carboxylic acids is 1. The first-order valence-electron chi connectivity index (χ1n) is 11.3. The number of hydrogen-bond donors (Lipinski definition) is 2. The summed E-state index contributed by atoms with van der Waals surface area (Å²) in [6.07, 6.45) is 6.06. The van der Waals surface area contributed by atoms with Crippen molar-refractivity contribution in [3.05, 3.63) is 78.0 Å². The molecule has 14 heteroatoms. The van der Waals surface area contributed by atoms with Crippen LogP contribution in [0.4, 0.5) is 14.5 Å². The third-order valence-corrected chi connectivity index (χ3v) is 8.52. The Labute approximate surface area is 223 Å². The van der Waals surface area contributed by atoms with Gasteiger partial charge in [-0.25, -0.2) is 32.2 Å². The number of methoxy groups -OCH3 is 1. The third-order valence-electron chi connectivity index (χ3n) is 5.96. The van der Waals surface area contributed by atoms with E-state index in [0.717, 1.165) is 4.70 Å². The molecule has 2 N–H and O–H groups in total. The fourth-order valence-corrected chi connectivity index (χ4v) is 6.36. The molecule has 5 aromatic rings. The van der Waals surface area contributed by atoms with E-state index in [4.69, 9.17) is 4.74 Å². The molecule has 0 unspecified atom stereocenters. The van der Waals surface area contributed by atoms with Crippen molar-refractivity contribution in [2.45, 2.75) is 11.4 Å². The predicted molar refractivity (Wildman–Crippen MR) is 139 cm³/mol. The number of amides is 1. The number of nitrogens with one attached hydrogen (secondary N) is 2. The zero-order valence-corrected chi connectivity index (χ0v) is 21.5. The van der Waals surface area contributed by atoms with E-state index < -0.39 is 38.0 Å². The lowest BCUT2D eigenvalue weighted by atomic mass is 10.1. The minimum atomic E-state index is -4.65. The molecular formula is C25H16F2N6O4S2. The van der Waals surface area contributed by atoms with E-state index in [1.165, 1.54) is 43.2 Å². The first kappa shape index (κ1) is 24.8. The number of carbonyl (C=O) groups is 1. The van der Waals surface area contributed by atoms with E-state index in [9.17, 15) is 22.0 Å². The lowest BCUT2D eigenvalue weighted by Gasteiger charge is -2.14. The molecule has 0 saturated carbocycles. The number of hydrogen-bond acceptors (Lipinski definition) is 9. The van der Waals surface area contributed by atoms with E-state index in [2.05, 4.69) is 30.0 Å². The van der Waals surface area contributed by atoms with Gasteiger partial charge in [0.2, 0.25) is 5.88 Å². The zero-order chi connectivity index (χ0) is 27.3. The summed E-state index contributed by atoms with van der Waals surface area (Å²) >= 11 is 1.36. The van der Waals surface area contributed by atoms with Gasteiger partial charge in [0, 0.05) is 47.2 Å². The molecule has 1 aliphatic heterocycles. The molecule has 1 aromatic carbocycles. The molecule has 10 nitrogen and oxygen atoms in total. The Morgan fingerprint density at radius 3 is 2.64 bits per heavy atom. The summed E-state index contributed by atoms with van der Waals surface area (Å²) in [6, 6.07) is 6.05. The summed E-state index contributed by atoms with van der Waals surface area (Å²) in [6.45, 7) is -0.0613. The molecule has 0 atom stereocenters. The number of pyridine rings is 2. The Kier molecular flexibility index (Phi) is 5.92. The molecule has 0 aliphatic carbocycles. The van der Waals surface area contributed by atoms with E-state index in [-0.39, 0.29) is 18.1 Å².